The van der Waals surface area contributed by atoms with Gasteiger partial charge in [-0.2, -0.15) is 0 Å². The van der Waals surface area contributed by atoms with Gasteiger partial charge in [-0.05, 0) is 80.4 Å². The molecule has 2 aromatic carbocycles. The van der Waals surface area contributed by atoms with Crippen LogP contribution in [0.1, 0.15) is 37.5 Å². The molecule has 2 rings (SSSR count). The molecule has 2 aromatic rings. The molecule has 0 fully saturated rings. The SMILES string of the molecule is [2H]C([2H])([2H])c1cc(C)c(-c2cc(C)c(C)c(C)c2)c(C)c1. The summed E-state index contributed by atoms with van der Waals surface area (Å²) in [6.45, 7) is 8.30. The van der Waals surface area contributed by atoms with Crippen molar-refractivity contribution < 1.29 is 4.11 Å². The van der Waals surface area contributed by atoms with Crippen molar-refractivity contribution in [1.82, 2.24) is 0 Å². The van der Waals surface area contributed by atoms with Crippen molar-refractivity contribution in [2.24, 2.45) is 0 Å². The smallest absolute Gasteiger partial charge is 0.0280 e. The van der Waals surface area contributed by atoms with Crippen LogP contribution in [0, 0.1) is 41.5 Å². The number of hydrogen-bond acceptors (Lipinski definition) is 0. The lowest BCUT2D eigenvalue weighted by Crippen LogP contribution is -1.93. The molecule has 0 unspecified atom stereocenters. The Balaban J connectivity index is 2.66. The van der Waals surface area contributed by atoms with Crippen molar-refractivity contribution >= 4 is 0 Å². The predicted molar refractivity (Wildman–Crippen MR) is 80.3 cm³/mol. The third-order valence-electron chi connectivity index (χ3n) is 3.75. The van der Waals surface area contributed by atoms with E-state index in [0.717, 1.165) is 16.7 Å². The van der Waals surface area contributed by atoms with Crippen LogP contribution in [0.4, 0.5) is 0 Å². The van der Waals surface area contributed by atoms with E-state index in [4.69, 9.17) is 4.11 Å². The van der Waals surface area contributed by atoms with Gasteiger partial charge in [0.1, 0.15) is 0 Å². The summed E-state index contributed by atoms with van der Waals surface area (Å²) in [6.07, 6.45) is 0. The summed E-state index contributed by atoms with van der Waals surface area (Å²) in [5.41, 5.74) is 8.62. The highest BCUT2D eigenvalue weighted by molar-refractivity contribution is 5.73. The van der Waals surface area contributed by atoms with E-state index in [1.807, 2.05) is 13.8 Å². The van der Waals surface area contributed by atoms with Crippen LogP contribution < -0.4 is 0 Å². The lowest BCUT2D eigenvalue weighted by Gasteiger charge is -2.15. The first-order valence-corrected chi connectivity index (χ1v) is 6.31. The van der Waals surface area contributed by atoms with Gasteiger partial charge < -0.3 is 0 Å². The fraction of sp³-hybridized carbons (Fsp3) is 0.333. The van der Waals surface area contributed by atoms with E-state index in [1.54, 1.807) is 12.1 Å². The van der Waals surface area contributed by atoms with Gasteiger partial charge in [-0.1, -0.05) is 29.8 Å². The number of hydrogen-bond donors (Lipinski definition) is 0. The molecule has 18 heavy (non-hydrogen) atoms. The molecule has 0 aliphatic rings. The van der Waals surface area contributed by atoms with Crippen LogP contribution in [0.15, 0.2) is 24.3 Å². The highest BCUT2D eigenvalue weighted by Crippen LogP contribution is 2.31. The molecule has 0 atom stereocenters. The molecular formula is C18H22. The van der Waals surface area contributed by atoms with Crippen LogP contribution in [0.3, 0.4) is 0 Å². The summed E-state index contributed by atoms with van der Waals surface area (Å²) in [5, 5.41) is 0. The van der Waals surface area contributed by atoms with E-state index in [9.17, 15) is 0 Å². The third-order valence-corrected chi connectivity index (χ3v) is 3.75. The number of rotatable bonds is 1. The Morgan fingerprint density at radius 2 is 1.22 bits per heavy atom. The fourth-order valence-corrected chi connectivity index (χ4v) is 2.60. The fourth-order valence-electron chi connectivity index (χ4n) is 2.60. The summed E-state index contributed by atoms with van der Waals surface area (Å²) in [4.78, 5) is 0. The minimum Gasteiger partial charge on any atom is -0.0557 e. The zero-order chi connectivity index (χ0) is 15.9. The number of aryl methyl sites for hydroxylation is 5. The van der Waals surface area contributed by atoms with Crippen molar-refractivity contribution in [3.8, 4) is 11.1 Å². The average molecular weight is 241 g/mol. The van der Waals surface area contributed by atoms with Gasteiger partial charge in [0.2, 0.25) is 0 Å². The topological polar surface area (TPSA) is 0 Å². The first-order chi connectivity index (χ1) is 9.61. The van der Waals surface area contributed by atoms with Crippen molar-refractivity contribution in [2.75, 3.05) is 0 Å². The minimum absolute atomic E-state index is 0.418. The van der Waals surface area contributed by atoms with Gasteiger partial charge in [0.15, 0.2) is 0 Å². The summed E-state index contributed by atoms with van der Waals surface area (Å²) in [7, 11) is 0. The quantitative estimate of drug-likeness (QED) is 0.643. The van der Waals surface area contributed by atoms with Gasteiger partial charge in [0, 0.05) is 4.11 Å². The van der Waals surface area contributed by atoms with Crippen molar-refractivity contribution in [3.63, 3.8) is 0 Å². The second-order valence-corrected chi connectivity index (χ2v) is 5.22. The predicted octanol–water partition coefficient (Wildman–Crippen LogP) is 5.20. The maximum absolute atomic E-state index is 7.57. The monoisotopic (exact) mass is 241 g/mol. The van der Waals surface area contributed by atoms with Crippen LogP contribution in [0.5, 0.6) is 0 Å². The summed E-state index contributed by atoms with van der Waals surface area (Å²) < 4.78 is 22.7. The molecule has 0 nitrogen and oxygen atoms in total. The van der Waals surface area contributed by atoms with E-state index in [1.165, 1.54) is 22.3 Å². The molecule has 94 valence electrons. The van der Waals surface area contributed by atoms with E-state index < -0.39 is 6.85 Å². The van der Waals surface area contributed by atoms with Crippen LogP contribution in [0.25, 0.3) is 11.1 Å². The van der Waals surface area contributed by atoms with Crippen molar-refractivity contribution in [1.29, 1.82) is 0 Å². The first kappa shape index (κ1) is 9.38. The van der Waals surface area contributed by atoms with Crippen molar-refractivity contribution in [3.05, 3.63) is 57.6 Å². The van der Waals surface area contributed by atoms with Gasteiger partial charge in [-0.3, -0.25) is 0 Å². The van der Waals surface area contributed by atoms with Crippen molar-refractivity contribution in [2.45, 2.75) is 41.5 Å². The molecule has 0 bridgehead atoms. The van der Waals surface area contributed by atoms with E-state index in [2.05, 4.69) is 32.9 Å². The Morgan fingerprint density at radius 3 is 1.67 bits per heavy atom. The maximum Gasteiger partial charge on any atom is 0.0280 e. The van der Waals surface area contributed by atoms with Gasteiger partial charge in [-0.15, -0.1) is 0 Å². The molecule has 0 amide bonds. The average Bonchev–Trinajstić information content (AvgIpc) is 2.33. The molecule has 0 aliphatic heterocycles. The Morgan fingerprint density at radius 1 is 0.722 bits per heavy atom. The van der Waals surface area contributed by atoms with Crippen LogP contribution >= 0.6 is 0 Å². The Bertz CT molecular complexity index is 648. The molecule has 0 N–H and O–H groups in total. The Labute approximate surface area is 115 Å². The number of benzene rings is 2. The second kappa shape index (κ2) is 4.61. The molecule has 0 radical (unpaired) electrons. The molecule has 0 saturated heterocycles. The van der Waals surface area contributed by atoms with Gasteiger partial charge in [0.25, 0.3) is 0 Å². The molecule has 0 spiro atoms. The second-order valence-electron chi connectivity index (χ2n) is 5.22. The zero-order valence-corrected chi connectivity index (χ0v) is 11.8. The van der Waals surface area contributed by atoms with Gasteiger partial charge in [-0.25, -0.2) is 0 Å². The van der Waals surface area contributed by atoms with Gasteiger partial charge in [0.05, 0.1) is 0 Å². The van der Waals surface area contributed by atoms with Crippen LogP contribution in [-0.4, -0.2) is 0 Å². The molecule has 0 aliphatic carbocycles. The lowest BCUT2D eigenvalue weighted by molar-refractivity contribution is 1.25. The van der Waals surface area contributed by atoms with E-state index >= 15 is 0 Å². The van der Waals surface area contributed by atoms with Gasteiger partial charge >= 0.3 is 0 Å². The summed E-state index contributed by atoms with van der Waals surface area (Å²) >= 11 is 0. The molecule has 0 heteroatoms. The zero-order valence-electron chi connectivity index (χ0n) is 14.8. The Kier molecular flexibility index (Phi) is 2.40. The highest BCUT2D eigenvalue weighted by Gasteiger charge is 2.09. The summed E-state index contributed by atoms with van der Waals surface area (Å²) in [5.74, 6) is 0. The highest BCUT2D eigenvalue weighted by atomic mass is 14.1. The molecule has 0 heterocycles. The first-order valence-electron chi connectivity index (χ1n) is 7.81. The maximum atomic E-state index is 7.57. The Hall–Kier alpha value is -1.56. The minimum atomic E-state index is -2.05. The van der Waals surface area contributed by atoms with Crippen LogP contribution in [0.2, 0.25) is 0 Å². The standard InChI is InChI=1S/C18H22/c1-11-7-14(4)18(15(5)8-11)17-9-12(2)16(6)13(3)10-17/h7-10H,1-6H3/i1D3. The molecule has 0 aromatic heterocycles. The van der Waals surface area contributed by atoms with Crippen LogP contribution in [-0.2, 0) is 0 Å². The van der Waals surface area contributed by atoms with E-state index in [-0.39, 0.29) is 0 Å². The van der Waals surface area contributed by atoms with E-state index in [0.29, 0.717) is 5.56 Å². The molecular weight excluding hydrogens is 216 g/mol. The normalized spacial score (nSPS) is 13.9. The lowest BCUT2D eigenvalue weighted by atomic mass is 9.90. The summed E-state index contributed by atoms with van der Waals surface area (Å²) in [6, 6.07) is 7.96. The molecule has 0 saturated carbocycles. The third kappa shape index (κ3) is 2.20. The largest absolute Gasteiger partial charge is 0.0557 e.